The van der Waals surface area contributed by atoms with E-state index in [1.807, 2.05) is 0 Å². The highest BCUT2D eigenvalue weighted by Gasteiger charge is 2.57. The van der Waals surface area contributed by atoms with Crippen molar-refractivity contribution in [3.63, 3.8) is 0 Å². The summed E-state index contributed by atoms with van der Waals surface area (Å²) in [6.07, 6.45) is 9.43. The standard InChI is InChI=1S/C19H27BrN2O3/c20-19-9-13-6-14(10-19)8-18(7-13,12-19)11-15(23)21-4-1-5-22-16(24)2-3-17(22)25/h13-14H,1-12H2,(H,21,23). The highest BCUT2D eigenvalue weighted by Crippen LogP contribution is 2.65. The Balaban J connectivity index is 1.24. The van der Waals surface area contributed by atoms with Gasteiger partial charge in [-0.05, 0) is 62.2 Å². The zero-order valence-corrected chi connectivity index (χ0v) is 16.3. The van der Waals surface area contributed by atoms with Gasteiger partial charge in [0.05, 0.1) is 0 Å². The Hall–Kier alpha value is -0.910. The molecule has 25 heavy (non-hydrogen) atoms. The molecule has 4 aliphatic carbocycles. The van der Waals surface area contributed by atoms with Crippen LogP contribution in [0.2, 0.25) is 0 Å². The molecule has 1 aliphatic heterocycles. The monoisotopic (exact) mass is 410 g/mol. The summed E-state index contributed by atoms with van der Waals surface area (Å²) in [5.41, 5.74) is 0.193. The quantitative estimate of drug-likeness (QED) is 0.415. The summed E-state index contributed by atoms with van der Waals surface area (Å²) in [6.45, 7) is 0.968. The molecule has 0 aromatic carbocycles. The van der Waals surface area contributed by atoms with Crippen LogP contribution in [0.5, 0.6) is 0 Å². The average molecular weight is 411 g/mol. The van der Waals surface area contributed by atoms with Gasteiger partial charge in [0.1, 0.15) is 0 Å². The minimum atomic E-state index is -0.0764. The van der Waals surface area contributed by atoms with Crippen molar-refractivity contribution in [2.75, 3.05) is 13.1 Å². The first kappa shape index (κ1) is 17.5. The molecule has 5 aliphatic rings. The van der Waals surface area contributed by atoms with E-state index in [0.717, 1.165) is 18.3 Å². The first-order valence-electron chi connectivity index (χ1n) is 9.65. The van der Waals surface area contributed by atoms with E-state index in [1.165, 1.54) is 37.0 Å². The number of alkyl halides is 1. The van der Waals surface area contributed by atoms with Crippen LogP contribution in [-0.2, 0) is 14.4 Å². The summed E-state index contributed by atoms with van der Waals surface area (Å²) in [5.74, 6) is 1.57. The summed E-state index contributed by atoms with van der Waals surface area (Å²) in [7, 11) is 0. The first-order chi connectivity index (χ1) is 11.9. The summed E-state index contributed by atoms with van der Waals surface area (Å²) in [5, 5.41) is 3.02. The summed E-state index contributed by atoms with van der Waals surface area (Å²) in [6, 6.07) is 0. The number of likely N-dealkylation sites (tertiary alicyclic amines) is 1. The third-order valence-corrected chi connectivity index (χ3v) is 7.61. The zero-order valence-electron chi connectivity index (χ0n) is 14.7. The van der Waals surface area contributed by atoms with Crippen molar-refractivity contribution < 1.29 is 14.4 Å². The summed E-state index contributed by atoms with van der Waals surface area (Å²) in [4.78, 5) is 37.0. The molecule has 5 rings (SSSR count). The van der Waals surface area contributed by atoms with Crippen molar-refractivity contribution in [2.45, 2.75) is 68.5 Å². The third kappa shape index (κ3) is 3.51. The van der Waals surface area contributed by atoms with Crippen molar-refractivity contribution in [3.05, 3.63) is 0 Å². The van der Waals surface area contributed by atoms with E-state index in [0.29, 0.717) is 38.8 Å². The number of halogens is 1. The van der Waals surface area contributed by atoms with Crippen LogP contribution < -0.4 is 5.32 Å². The Kier molecular flexibility index (Phi) is 4.45. The Bertz CT molecular complexity index is 575. The number of rotatable bonds is 6. The van der Waals surface area contributed by atoms with Crippen molar-refractivity contribution >= 4 is 33.7 Å². The average Bonchev–Trinajstić information content (AvgIpc) is 2.80. The van der Waals surface area contributed by atoms with E-state index in [1.54, 1.807) is 0 Å². The Morgan fingerprint density at radius 1 is 1.12 bits per heavy atom. The number of imide groups is 1. The molecule has 4 saturated carbocycles. The molecule has 2 unspecified atom stereocenters. The second-order valence-electron chi connectivity index (χ2n) is 8.93. The van der Waals surface area contributed by atoms with Gasteiger partial charge in [0.15, 0.2) is 0 Å². The van der Waals surface area contributed by atoms with Crippen molar-refractivity contribution in [1.29, 1.82) is 0 Å². The molecule has 0 spiro atoms. The van der Waals surface area contributed by atoms with Gasteiger partial charge in [0, 0.05) is 36.7 Å². The molecule has 0 aromatic rings. The number of carbonyl (C=O) groups is 3. The first-order valence-corrected chi connectivity index (χ1v) is 10.4. The highest BCUT2D eigenvalue weighted by molar-refractivity contribution is 9.10. The highest BCUT2D eigenvalue weighted by atomic mass is 79.9. The van der Waals surface area contributed by atoms with Crippen LogP contribution in [0.4, 0.5) is 0 Å². The van der Waals surface area contributed by atoms with Gasteiger partial charge in [-0.1, -0.05) is 15.9 Å². The molecule has 1 N–H and O–H groups in total. The van der Waals surface area contributed by atoms with Gasteiger partial charge in [-0.2, -0.15) is 0 Å². The second-order valence-corrected chi connectivity index (χ2v) is 10.6. The maximum absolute atomic E-state index is 12.5. The summed E-state index contributed by atoms with van der Waals surface area (Å²) >= 11 is 3.99. The molecule has 0 radical (unpaired) electrons. The van der Waals surface area contributed by atoms with Crippen LogP contribution in [0.3, 0.4) is 0 Å². The molecule has 6 heteroatoms. The van der Waals surface area contributed by atoms with E-state index < -0.39 is 0 Å². The molecule has 5 nitrogen and oxygen atoms in total. The lowest BCUT2D eigenvalue weighted by Gasteiger charge is -2.60. The largest absolute Gasteiger partial charge is 0.356 e. The predicted octanol–water partition coefficient (Wildman–Crippen LogP) is 2.77. The van der Waals surface area contributed by atoms with E-state index >= 15 is 0 Å². The van der Waals surface area contributed by atoms with Crippen LogP contribution in [0, 0.1) is 17.3 Å². The van der Waals surface area contributed by atoms with E-state index in [2.05, 4.69) is 21.2 Å². The molecule has 0 aromatic heterocycles. The molecular formula is C19H27BrN2O3. The molecule has 5 fully saturated rings. The smallest absolute Gasteiger partial charge is 0.229 e. The van der Waals surface area contributed by atoms with Crippen LogP contribution in [0.1, 0.15) is 64.2 Å². The Morgan fingerprint density at radius 2 is 1.76 bits per heavy atom. The fourth-order valence-corrected chi connectivity index (χ4v) is 7.79. The Morgan fingerprint density at radius 3 is 2.36 bits per heavy atom. The second kappa shape index (κ2) is 6.36. The molecule has 4 bridgehead atoms. The number of carbonyl (C=O) groups excluding carboxylic acids is 3. The van der Waals surface area contributed by atoms with E-state index in [4.69, 9.17) is 0 Å². The molecule has 2 atom stereocenters. The normalized spacial score (nSPS) is 39.3. The topological polar surface area (TPSA) is 66.5 Å². The maximum atomic E-state index is 12.5. The van der Waals surface area contributed by atoms with Crippen molar-refractivity contribution in [1.82, 2.24) is 10.2 Å². The molecular weight excluding hydrogens is 384 g/mol. The SMILES string of the molecule is O=C(CC12CC3CC(CC(Br)(C3)C1)C2)NCCCN1C(=O)CCC1=O. The third-order valence-electron chi connectivity index (χ3n) is 6.68. The minimum Gasteiger partial charge on any atom is -0.356 e. The lowest BCUT2D eigenvalue weighted by molar-refractivity contribution is -0.138. The van der Waals surface area contributed by atoms with Crippen LogP contribution >= 0.6 is 15.9 Å². The van der Waals surface area contributed by atoms with Gasteiger partial charge < -0.3 is 5.32 Å². The fourth-order valence-electron chi connectivity index (χ4n) is 6.28. The number of nitrogens with zero attached hydrogens (tertiary/aromatic N) is 1. The van der Waals surface area contributed by atoms with E-state index in [-0.39, 0.29) is 27.5 Å². The van der Waals surface area contributed by atoms with Gasteiger partial charge in [-0.3, -0.25) is 19.3 Å². The molecule has 1 saturated heterocycles. The van der Waals surface area contributed by atoms with Crippen LogP contribution in [-0.4, -0.2) is 40.0 Å². The number of amides is 3. The van der Waals surface area contributed by atoms with Gasteiger partial charge >= 0.3 is 0 Å². The van der Waals surface area contributed by atoms with Gasteiger partial charge in [0.2, 0.25) is 17.7 Å². The number of hydrogen-bond acceptors (Lipinski definition) is 3. The summed E-state index contributed by atoms with van der Waals surface area (Å²) < 4.78 is 0.286. The van der Waals surface area contributed by atoms with Crippen molar-refractivity contribution in [2.24, 2.45) is 17.3 Å². The van der Waals surface area contributed by atoms with E-state index in [9.17, 15) is 14.4 Å². The van der Waals surface area contributed by atoms with Crippen LogP contribution in [0.25, 0.3) is 0 Å². The van der Waals surface area contributed by atoms with Crippen LogP contribution in [0.15, 0.2) is 0 Å². The van der Waals surface area contributed by atoms with Gasteiger partial charge in [-0.15, -0.1) is 0 Å². The lowest BCUT2D eigenvalue weighted by Crippen LogP contribution is -2.54. The van der Waals surface area contributed by atoms with Gasteiger partial charge in [0.25, 0.3) is 0 Å². The maximum Gasteiger partial charge on any atom is 0.229 e. The Labute approximate surface area is 157 Å². The zero-order chi connectivity index (χ0) is 17.7. The fraction of sp³-hybridized carbons (Fsp3) is 0.842. The molecule has 1 heterocycles. The lowest BCUT2D eigenvalue weighted by atomic mass is 9.48. The predicted molar refractivity (Wildman–Crippen MR) is 97.0 cm³/mol. The molecule has 3 amide bonds. The molecule has 138 valence electrons. The number of hydrogen-bond donors (Lipinski definition) is 1. The van der Waals surface area contributed by atoms with Crippen molar-refractivity contribution in [3.8, 4) is 0 Å². The minimum absolute atomic E-state index is 0.0764. The number of nitrogens with one attached hydrogen (secondary N) is 1. The van der Waals surface area contributed by atoms with Gasteiger partial charge in [-0.25, -0.2) is 0 Å².